The average molecular weight is 335 g/mol. The van der Waals surface area contributed by atoms with Gasteiger partial charge in [-0.05, 0) is 62.3 Å². The molecule has 1 unspecified atom stereocenters. The summed E-state index contributed by atoms with van der Waals surface area (Å²) < 4.78 is 5.66. The van der Waals surface area contributed by atoms with E-state index in [-0.39, 0.29) is 5.91 Å². The molecule has 0 bridgehead atoms. The highest BCUT2D eigenvalue weighted by molar-refractivity contribution is 6.30. The number of nitrogens with one attached hydrogen (secondary N) is 1. The summed E-state index contributed by atoms with van der Waals surface area (Å²) >= 11 is 5.90. The second kappa shape index (κ2) is 9.36. The molecule has 4 nitrogen and oxygen atoms in total. The number of carbonyl (C=O) groups is 1. The van der Waals surface area contributed by atoms with E-state index < -0.39 is 0 Å². The van der Waals surface area contributed by atoms with Gasteiger partial charge in [0.2, 0.25) is 5.91 Å². The summed E-state index contributed by atoms with van der Waals surface area (Å²) in [6.07, 6.45) is 10.4. The van der Waals surface area contributed by atoms with Gasteiger partial charge in [0.05, 0.1) is 6.61 Å². The van der Waals surface area contributed by atoms with E-state index in [2.05, 4.69) is 22.7 Å². The number of hydrogen-bond donors (Lipinski definition) is 1. The maximum Gasteiger partial charge on any atom is 0.240 e. The van der Waals surface area contributed by atoms with Crippen LogP contribution in [0.25, 0.3) is 0 Å². The zero-order chi connectivity index (χ0) is 16.5. The summed E-state index contributed by atoms with van der Waals surface area (Å²) in [5.41, 5.74) is 3.57. The minimum atomic E-state index is -0.0796. The first kappa shape index (κ1) is 17.5. The standard InChI is InChI=1S/C18H23ClN2O2/c1-14-12-16(19)9-10-17(14)23-11-5-8-18(22)21-20-13-15-6-3-2-4-7-15/h2-3,9-10,12-13,15H,4-8,11H2,1H3,(H,21,22)/b20-13+. The Kier molecular flexibility index (Phi) is 7.14. The Bertz CT molecular complexity index is 584. The van der Waals surface area contributed by atoms with E-state index in [0.29, 0.717) is 30.4 Å². The number of amides is 1. The Labute approximate surface area is 142 Å². The number of ether oxygens (including phenoxy) is 1. The van der Waals surface area contributed by atoms with Gasteiger partial charge in [0.15, 0.2) is 0 Å². The Morgan fingerprint density at radius 2 is 2.35 bits per heavy atom. The van der Waals surface area contributed by atoms with E-state index in [9.17, 15) is 4.79 Å². The Balaban J connectivity index is 1.61. The molecule has 1 N–H and O–H groups in total. The summed E-state index contributed by atoms with van der Waals surface area (Å²) in [6.45, 7) is 2.44. The molecule has 1 aliphatic rings. The molecule has 23 heavy (non-hydrogen) atoms. The van der Waals surface area contributed by atoms with Crippen LogP contribution in [0.2, 0.25) is 5.02 Å². The second-order valence-corrected chi connectivity index (χ2v) is 6.16. The summed E-state index contributed by atoms with van der Waals surface area (Å²) in [5.74, 6) is 1.17. The van der Waals surface area contributed by atoms with Crippen LogP contribution < -0.4 is 10.2 Å². The monoisotopic (exact) mass is 334 g/mol. The minimum Gasteiger partial charge on any atom is -0.493 e. The molecule has 1 aromatic carbocycles. The number of halogens is 1. The molecule has 2 rings (SSSR count). The summed E-state index contributed by atoms with van der Waals surface area (Å²) in [6, 6.07) is 5.51. The van der Waals surface area contributed by atoms with E-state index in [1.165, 1.54) is 0 Å². The normalized spacial score (nSPS) is 17.4. The van der Waals surface area contributed by atoms with E-state index in [4.69, 9.17) is 16.3 Å². The number of benzene rings is 1. The first-order valence-corrected chi connectivity index (χ1v) is 8.39. The molecule has 1 aromatic rings. The predicted molar refractivity (Wildman–Crippen MR) is 94.0 cm³/mol. The first-order chi connectivity index (χ1) is 11.1. The Hall–Kier alpha value is -1.81. The van der Waals surface area contributed by atoms with Gasteiger partial charge in [0, 0.05) is 17.7 Å². The first-order valence-electron chi connectivity index (χ1n) is 8.01. The molecule has 5 heteroatoms. The van der Waals surface area contributed by atoms with Gasteiger partial charge in [-0.1, -0.05) is 23.8 Å². The van der Waals surface area contributed by atoms with Gasteiger partial charge in [0.1, 0.15) is 5.75 Å². The lowest BCUT2D eigenvalue weighted by Crippen LogP contribution is -2.19. The SMILES string of the molecule is Cc1cc(Cl)ccc1OCCCC(=O)N/N=C/C1CC=CCC1. The molecular weight excluding hydrogens is 312 g/mol. The summed E-state index contributed by atoms with van der Waals surface area (Å²) in [7, 11) is 0. The number of aryl methyl sites for hydroxylation is 1. The van der Waals surface area contributed by atoms with Crippen LogP contribution in [0.3, 0.4) is 0 Å². The van der Waals surface area contributed by atoms with Crippen LogP contribution in [0.4, 0.5) is 0 Å². The lowest BCUT2D eigenvalue weighted by atomic mass is 9.96. The molecule has 0 aliphatic heterocycles. The molecule has 0 aromatic heterocycles. The molecule has 1 atom stereocenters. The fourth-order valence-electron chi connectivity index (χ4n) is 2.41. The van der Waals surface area contributed by atoms with E-state index in [1.54, 1.807) is 6.07 Å². The number of allylic oxidation sites excluding steroid dienone is 2. The average Bonchev–Trinajstić information content (AvgIpc) is 2.54. The smallest absolute Gasteiger partial charge is 0.240 e. The van der Waals surface area contributed by atoms with Gasteiger partial charge < -0.3 is 4.74 Å². The third-order valence-corrected chi connectivity index (χ3v) is 3.96. The maximum atomic E-state index is 11.7. The fraction of sp³-hybridized carbons (Fsp3) is 0.444. The highest BCUT2D eigenvalue weighted by Gasteiger charge is 2.07. The van der Waals surface area contributed by atoms with Crippen molar-refractivity contribution >= 4 is 23.7 Å². The number of nitrogens with zero attached hydrogens (tertiary/aromatic N) is 1. The molecule has 1 aliphatic carbocycles. The zero-order valence-corrected chi connectivity index (χ0v) is 14.2. The minimum absolute atomic E-state index is 0.0796. The quantitative estimate of drug-likeness (QED) is 0.350. The van der Waals surface area contributed by atoms with E-state index in [0.717, 1.165) is 30.6 Å². The van der Waals surface area contributed by atoms with Crippen molar-refractivity contribution < 1.29 is 9.53 Å². The van der Waals surface area contributed by atoms with Crippen LogP contribution in [0.1, 0.15) is 37.7 Å². The topological polar surface area (TPSA) is 50.7 Å². The van der Waals surface area contributed by atoms with Gasteiger partial charge in [-0.25, -0.2) is 5.43 Å². The molecule has 0 radical (unpaired) electrons. The van der Waals surface area contributed by atoms with Gasteiger partial charge in [0.25, 0.3) is 0 Å². The number of hydrogen-bond acceptors (Lipinski definition) is 3. The van der Waals surface area contributed by atoms with Gasteiger partial charge in [-0.2, -0.15) is 5.10 Å². The van der Waals surface area contributed by atoms with Crippen LogP contribution >= 0.6 is 11.6 Å². The van der Waals surface area contributed by atoms with Gasteiger partial charge >= 0.3 is 0 Å². The van der Waals surface area contributed by atoms with Crippen molar-refractivity contribution in [2.45, 2.75) is 39.0 Å². The molecule has 0 heterocycles. The lowest BCUT2D eigenvalue weighted by molar-refractivity contribution is -0.121. The predicted octanol–water partition coefficient (Wildman–Crippen LogP) is 4.27. The molecule has 0 fully saturated rings. The largest absolute Gasteiger partial charge is 0.493 e. The van der Waals surface area contributed by atoms with Crippen molar-refractivity contribution in [2.75, 3.05) is 6.61 Å². The number of hydrazone groups is 1. The molecule has 1 amide bonds. The Morgan fingerprint density at radius 1 is 1.48 bits per heavy atom. The van der Waals surface area contributed by atoms with Crippen LogP contribution in [0, 0.1) is 12.8 Å². The van der Waals surface area contributed by atoms with Crippen molar-refractivity contribution in [2.24, 2.45) is 11.0 Å². The highest BCUT2D eigenvalue weighted by atomic mass is 35.5. The molecule has 0 saturated carbocycles. The van der Waals surface area contributed by atoms with Crippen LogP contribution in [0.15, 0.2) is 35.5 Å². The van der Waals surface area contributed by atoms with Gasteiger partial charge in [-0.15, -0.1) is 0 Å². The van der Waals surface area contributed by atoms with Crippen molar-refractivity contribution in [1.29, 1.82) is 0 Å². The third kappa shape index (κ3) is 6.45. The maximum absolute atomic E-state index is 11.7. The molecular formula is C18H23ClN2O2. The number of rotatable bonds is 7. The van der Waals surface area contributed by atoms with Crippen molar-refractivity contribution in [3.63, 3.8) is 0 Å². The summed E-state index contributed by atoms with van der Waals surface area (Å²) in [4.78, 5) is 11.7. The van der Waals surface area contributed by atoms with E-state index in [1.807, 2.05) is 25.3 Å². The zero-order valence-electron chi connectivity index (χ0n) is 13.4. The van der Waals surface area contributed by atoms with Crippen LogP contribution in [0.5, 0.6) is 5.75 Å². The Morgan fingerprint density at radius 3 is 3.09 bits per heavy atom. The van der Waals surface area contributed by atoms with Gasteiger partial charge in [-0.3, -0.25) is 4.79 Å². The number of carbonyl (C=O) groups excluding carboxylic acids is 1. The molecule has 0 saturated heterocycles. The van der Waals surface area contributed by atoms with E-state index >= 15 is 0 Å². The van der Waals surface area contributed by atoms with Crippen molar-refractivity contribution in [3.8, 4) is 5.75 Å². The van der Waals surface area contributed by atoms with Crippen molar-refractivity contribution in [3.05, 3.63) is 40.9 Å². The fourth-order valence-corrected chi connectivity index (χ4v) is 2.64. The third-order valence-electron chi connectivity index (χ3n) is 3.73. The molecule has 124 valence electrons. The summed E-state index contributed by atoms with van der Waals surface area (Å²) in [5, 5.41) is 4.74. The van der Waals surface area contributed by atoms with Crippen molar-refractivity contribution in [1.82, 2.24) is 5.43 Å². The second-order valence-electron chi connectivity index (χ2n) is 5.72. The highest BCUT2D eigenvalue weighted by Crippen LogP contribution is 2.21. The van der Waals surface area contributed by atoms with Crippen LogP contribution in [-0.2, 0) is 4.79 Å². The molecule has 0 spiro atoms. The van der Waals surface area contributed by atoms with Crippen LogP contribution in [-0.4, -0.2) is 18.7 Å². The lowest BCUT2D eigenvalue weighted by Gasteiger charge is -2.11.